The third-order valence-corrected chi connectivity index (χ3v) is 4.10. The summed E-state index contributed by atoms with van der Waals surface area (Å²) in [6, 6.07) is 6.05. The lowest BCUT2D eigenvalue weighted by Gasteiger charge is -2.30. The van der Waals surface area contributed by atoms with E-state index in [2.05, 4.69) is 11.4 Å². The van der Waals surface area contributed by atoms with E-state index in [9.17, 15) is 5.11 Å². The molecule has 0 spiro atoms. The number of ether oxygens (including phenoxy) is 2. The van der Waals surface area contributed by atoms with Gasteiger partial charge in [0.2, 0.25) is 0 Å². The molecule has 0 radical (unpaired) electrons. The molecule has 2 atom stereocenters. The summed E-state index contributed by atoms with van der Waals surface area (Å²) < 4.78 is 11.2. The minimum Gasteiger partial charge on any atom is -0.486 e. The molecule has 1 fully saturated rings. The molecule has 2 heterocycles. The maximum atomic E-state index is 9.74. The molecule has 104 valence electrons. The molecular weight excluding hydrogens is 242 g/mol. The van der Waals surface area contributed by atoms with Crippen LogP contribution in [0.2, 0.25) is 0 Å². The fourth-order valence-electron chi connectivity index (χ4n) is 3.04. The first-order valence-electron chi connectivity index (χ1n) is 7.09. The van der Waals surface area contributed by atoms with E-state index in [1.54, 1.807) is 0 Å². The molecular formula is C15H21NO3. The van der Waals surface area contributed by atoms with E-state index in [0.717, 1.165) is 30.2 Å². The third-order valence-electron chi connectivity index (χ3n) is 4.10. The molecule has 2 aliphatic rings. The van der Waals surface area contributed by atoms with Crippen LogP contribution >= 0.6 is 0 Å². The van der Waals surface area contributed by atoms with Gasteiger partial charge in [-0.05, 0) is 49.5 Å². The first kappa shape index (κ1) is 12.8. The van der Waals surface area contributed by atoms with Gasteiger partial charge < -0.3 is 19.9 Å². The van der Waals surface area contributed by atoms with Gasteiger partial charge in [0.05, 0.1) is 6.61 Å². The van der Waals surface area contributed by atoms with Crippen molar-refractivity contribution in [1.82, 2.24) is 5.32 Å². The zero-order chi connectivity index (χ0) is 13.1. The molecule has 1 aromatic rings. The fraction of sp³-hybridized carbons (Fsp3) is 0.600. The van der Waals surface area contributed by atoms with Crippen molar-refractivity contribution in [2.45, 2.75) is 18.8 Å². The molecule has 0 aromatic heterocycles. The largest absolute Gasteiger partial charge is 0.486 e. The summed E-state index contributed by atoms with van der Waals surface area (Å²) in [6.07, 6.45) is 2.36. The summed E-state index contributed by atoms with van der Waals surface area (Å²) in [7, 11) is 0. The lowest BCUT2D eigenvalue weighted by molar-refractivity contribution is 0.170. The Morgan fingerprint density at radius 1 is 1.26 bits per heavy atom. The number of rotatable bonds is 3. The summed E-state index contributed by atoms with van der Waals surface area (Å²) in [6.45, 7) is 3.48. The van der Waals surface area contributed by atoms with Gasteiger partial charge in [-0.3, -0.25) is 0 Å². The van der Waals surface area contributed by atoms with E-state index < -0.39 is 0 Å². The summed E-state index contributed by atoms with van der Waals surface area (Å²) in [4.78, 5) is 0. The Hall–Kier alpha value is -1.26. The number of hydrogen-bond donors (Lipinski definition) is 2. The van der Waals surface area contributed by atoms with Crippen LogP contribution < -0.4 is 14.8 Å². The van der Waals surface area contributed by atoms with E-state index in [4.69, 9.17) is 9.47 Å². The van der Waals surface area contributed by atoms with Crippen molar-refractivity contribution in [2.24, 2.45) is 5.92 Å². The van der Waals surface area contributed by atoms with Gasteiger partial charge in [0, 0.05) is 5.92 Å². The van der Waals surface area contributed by atoms with Crippen molar-refractivity contribution >= 4 is 0 Å². The lowest BCUT2D eigenvalue weighted by Crippen LogP contribution is -2.34. The van der Waals surface area contributed by atoms with Gasteiger partial charge in [-0.1, -0.05) is 6.07 Å². The third kappa shape index (κ3) is 2.69. The monoisotopic (exact) mass is 263 g/mol. The molecule has 2 unspecified atom stereocenters. The second-order valence-electron chi connectivity index (χ2n) is 5.30. The van der Waals surface area contributed by atoms with Gasteiger partial charge >= 0.3 is 0 Å². The molecule has 3 rings (SSSR count). The van der Waals surface area contributed by atoms with Crippen LogP contribution in [0.15, 0.2) is 18.2 Å². The van der Waals surface area contributed by atoms with Crippen molar-refractivity contribution < 1.29 is 14.6 Å². The average molecular weight is 263 g/mol. The number of nitrogens with one attached hydrogen (secondary N) is 1. The van der Waals surface area contributed by atoms with E-state index in [-0.39, 0.29) is 12.5 Å². The summed E-state index contributed by atoms with van der Waals surface area (Å²) in [5, 5.41) is 13.2. The molecule has 1 aromatic carbocycles. The number of aliphatic hydroxyl groups is 1. The topological polar surface area (TPSA) is 50.7 Å². The first-order valence-corrected chi connectivity index (χ1v) is 7.09. The van der Waals surface area contributed by atoms with E-state index >= 15 is 0 Å². The minimum atomic E-state index is 0.184. The number of benzene rings is 1. The quantitative estimate of drug-likeness (QED) is 0.868. The standard InChI is InChI=1S/C15H21NO3/c17-10-13(12-2-1-5-16-9-12)11-3-4-14-15(8-11)19-7-6-18-14/h3-4,8,12-13,16-17H,1-2,5-7,9-10H2. The maximum Gasteiger partial charge on any atom is 0.161 e. The Morgan fingerprint density at radius 3 is 2.84 bits per heavy atom. The van der Waals surface area contributed by atoms with Crippen LogP contribution in [0.25, 0.3) is 0 Å². The molecule has 0 amide bonds. The fourth-order valence-corrected chi connectivity index (χ4v) is 3.04. The van der Waals surface area contributed by atoms with Crippen molar-refractivity contribution in [3.63, 3.8) is 0 Å². The SMILES string of the molecule is OCC(c1ccc2c(c1)OCCO2)C1CCCNC1. The predicted molar refractivity (Wildman–Crippen MR) is 72.9 cm³/mol. The highest BCUT2D eigenvalue weighted by Gasteiger charge is 2.25. The Labute approximate surface area is 113 Å². The smallest absolute Gasteiger partial charge is 0.161 e. The van der Waals surface area contributed by atoms with Gasteiger partial charge in [-0.15, -0.1) is 0 Å². The molecule has 4 heteroatoms. The minimum absolute atomic E-state index is 0.184. The van der Waals surface area contributed by atoms with Crippen molar-refractivity contribution in [1.29, 1.82) is 0 Å². The second kappa shape index (κ2) is 5.80. The number of piperidine rings is 1. The van der Waals surface area contributed by atoms with Crippen LogP contribution in [0, 0.1) is 5.92 Å². The summed E-state index contributed by atoms with van der Waals surface area (Å²) in [5.41, 5.74) is 1.15. The number of hydrogen-bond acceptors (Lipinski definition) is 4. The Kier molecular flexibility index (Phi) is 3.89. The van der Waals surface area contributed by atoms with E-state index in [0.29, 0.717) is 19.1 Å². The molecule has 1 saturated heterocycles. The van der Waals surface area contributed by atoms with Gasteiger partial charge in [0.1, 0.15) is 13.2 Å². The van der Waals surface area contributed by atoms with Crippen molar-refractivity contribution in [3.05, 3.63) is 23.8 Å². The van der Waals surface area contributed by atoms with Gasteiger partial charge in [-0.2, -0.15) is 0 Å². The van der Waals surface area contributed by atoms with Gasteiger partial charge in [0.25, 0.3) is 0 Å². The van der Waals surface area contributed by atoms with Crippen molar-refractivity contribution in [2.75, 3.05) is 32.9 Å². The number of fused-ring (bicyclic) bond motifs is 1. The van der Waals surface area contributed by atoms with Crippen LogP contribution in [-0.4, -0.2) is 38.0 Å². The molecule has 19 heavy (non-hydrogen) atoms. The van der Waals surface area contributed by atoms with Crippen LogP contribution in [0.4, 0.5) is 0 Å². The maximum absolute atomic E-state index is 9.74. The zero-order valence-corrected chi connectivity index (χ0v) is 11.1. The Balaban J connectivity index is 1.82. The Morgan fingerprint density at radius 2 is 2.11 bits per heavy atom. The number of aliphatic hydroxyl groups excluding tert-OH is 1. The lowest BCUT2D eigenvalue weighted by atomic mass is 9.82. The zero-order valence-electron chi connectivity index (χ0n) is 11.1. The van der Waals surface area contributed by atoms with Crippen LogP contribution in [0.5, 0.6) is 11.5 Å². The highest BCUT2D eigenvalue weighted by molar-refractivity contribution is 5.45. The highest BCUT2D eigenvalue weighted by atomic mass is 16.6. The van der Waals surface area contributed by atoms with E-state index in [1.807, 2.05) is 12.1 Å². The molecule has 0 bridgehead atoms. The van der Waals surface area contributed by atoms with Gasteiger partial charge in [-0.25, -0.2) is 0 Å². The normalized spacial score (nSPS) is 23.9. The van der Waals surface area contributed by atoms with E-state index in [1.165, 1.54) is 12.8 Å². The van der Waals surface area contributed by atoms with Crippen molar-refractivity contribution in [3.8, 4) is 11.5 Å². The predicted octanol–water partition coefficient (Wildman–Crippen LogP) is 1.53. The molecule has 2 N–H and O–H groups in total. The molecule has 4 nitrogen and oxygen atoms in total. The molecule has 2 aliphatic heterocycles. The second-order valence-corrected chi connectivity index (χ2v) is 5.30. The first-order chi connectivity index (χ1) is 9.38. The van der Waals surface area contributed by atoms with Crippen LogP contribution in [0.3, 0.4) is 0 Å². The molecule has 0 aliphatic carbocycles. The Bertz CT molecular complexity index is 429. The summed E-state index contributed by atoms with van der Waals surface area (Å²) in [5.74, 6) is 2.31. The van der Waals surface area contributed by atoms with Gasteiger partial charge in [0.15, 0.2) is 11.5 Å². The molecule has 0 saturated carbocycles. The average Bonchev–Trinajstić information content (AvgIpc) is 2.49. The van der Waals surface area contributed by atoms with Crippen LogP contribution in [0.1, 0.15) is 24.3 Å². The summed E-state index contributed by atoms with van der Waals surface area (Å²) >= 11 is 0. The highest BCUT2D eigenvalue weighted by Crippen LogP contribution is 2.36. The van der Waals surface area contributed by atoms with Crippen LogP contribution in [-0.2, 0) is 0 Å².